The van der Waals surface area contributed by atoms with Crippen molar-refractivity contribution < 1.29 is 9.18 Å². The van der Waals surface area contributed by atoms with Crippen LogP contribution in [0.15, 0.2) is 48.8 Å². The number of hydrogen-bond donors (Lipinski definition) is 1. The lowest BCUT2D eigenvalue weighted by atomic mass is 9.92. The number of anilines is 1. The number of carbonyl (C=O) groups is 1. The molecular formula is C22H21FN6OS. The number of amides is 1. The van der Waals surface area contributed by atoms with Gasteiger partial charge in [-0.1, -0.05) is 20.8 Å². The first-order valence-electron chi connectivity index (χ1n) is 9.65. The van der Waals surface area contributed by atoms with Crippen LogP contribution in [0.4, 0.5) is 10.2 Å². The number of hydrogen-bond acceptors (Lipinski definition) is 6. The van der Waals surface area contributed by atoms with E-state index in [9.17, 15) is 9.18 Å². The summed E-state index contributed by atoms with van der Waals surface area (Å²) >= 11 is 1.25. The lowest BCUT2D eigenvalue weighted by Crippen LogP contribution is -2.16. The van der Waals surface area contributed by atoms with Crippen molar-refractivity contribution in [3.63, 3.8) is 0 Å². The molecule has 0 aliphatic rings. The van der Waals surface area contributed by atoms with E-state index in [0.29, 0.717) is 27.3 Å². The standard InChI is InChI=1S/C22H21FN6OS/c1-13-18(31-20(26-13)14-6-8-15(23)9-7-14)19(30)27-17-12-16(22(2,3)4)28-29(17)21-24-10-5-11-25-21/h5-12H,1-4H3,(H,27,30). The maximum Gasteiger partial charge on any atom is 0.268 e. The molecule has 0 saturated heterocycles. The second-order valence-corrected chi connectivity index (χ2v) is 9.02. The van der Waals surface area contributed by atoms with Crippen LogP contribution >= 0.6 is 11.3 Å². The highest BCUT2D eigenvalue weighted by molar-refractivity contribution is 7.17. The number of aromatic nitrogens is 5. The second kappa shape index (κ2) is 7.99. The summed E-state index contributed by atoms with van der Waals surface area (Å²) in [7, 11) is 0. The maximum atomic E-state index is 13.2. The van der Waals surface area contributed by atoms with Gasteiger partial charge in [0.15, 0.2) is 0 Å². The number of nitrogens with zero attached hydrogens (tertiary/aromatic N) is 5. The number of thiazole rings is 1. The SMILES string of the molecule is Cc1nc(-c2ccc(F)cc2)sc1C(=O)Nc1cc(C(C)(C)C)nn1-c1ncccn1. The van der Waals surface area contributed by atoms with E-state index in [-0.39, 0.29) is 17.1 Å². The number of benzene rings is 1. The largest absolute Gasteiger partial charge is 0.306 e. The van der Waals surface area contributed by atoms with Crippen LogP contribution in [-0.2, 0) is 5.41 Å². The first-order chi connectivity index (χ1) is 14.7. The molecule has 1 amide bonds. The molecule has 0 saturated carbocycles. The molecule has 0 bridgehead atoms. The molecule has 0 aliphatic carbocycles. The number of aryl methyl sites for hydroxylation is 1. The van der Waals surface area contributed by atoms with Crippen LogP contribution in [-0.4, -0.2) is 30.6 Å². The Bertz CT molecular complexity index is 1230. The van der Waals surface area contributed by atoms with Gasteiger partial charge in [-0.25, -0.2) is 19.3 Å². The van der Waals surface area contributed by atoms with Crippen LogP contribution < -0.4 is 5.32 Å². The van der Waals surface area contributed by atoms with Gasteiger partial charge in [-0.05, 0) is 37.3 Å². The van der Waals surface area contributed by atoms with E-state index < -0.39 is 0 Å². The van der Waals surface area contributed by atoms with Gasteiger partial charge < -0.3 is 5.32 Å². The Morgan fingerprint density at radius 2 is 1.81 bits per heavy atom. The molecule has 3 heterocycles. The molecule has 0 spiro atoms. The minimum Gasteiger partial charge on any atom is -0.306 e. The lowest BCUT2D eigenvalue weighted by Gasteiger charge is -2.13. The summed E-state index contributed by atoms with van der Waals surface area (Å²) in [5.41, 5.74) is 1.92. The van der Waals surface area contributed by atoms with Crippen molar-refractivity contribution >= 4 is 23.1 Å². The molecule has 0 aliphatic heterocycles. The summed E-state index contributed by atoms with van der Waals surface area (Å²) < 4.78 is 14.7. The molecule has 3 aromatic heterocycles. The molecule has 4 aromatic rings. The minimum absolute atomic E-state index is 0.227. The first kappa shape index (κ1) is 20.8. The van der Waals surface area contributed by atoms with E-state index in [2.05, 4.69) is 25.4 Å². The summed E-state index contributed by atoms with van der Waals surface area (Å²) in [6.07, 6.45) is 3.24. The van der Waals surface area contributed by atoms with Crippen molar-refractivity contribution in [2.45, 2.75) is 33.1 Å². The van der Waals surface area contributed by atoms with Crippen molar-refractivity contribution in [2.75, 3.05) is 5.32 Å². The van der Waals surface area contributed by atoms with Gasteiger partial charge in [-0.3, -0.25) is 4.79 Å². The molecule has 0 fully saturated rings. The molecule has 1 N–H and O–H groups in total. The predicted molar refractivity (Wildman–Crippen MR) is 118 cm³/mol. The third-order valence-electron chi connectivity index (χ3n) is 4.55. The molecule has 4 rings (SSSR count). The Hall–Kier alpha value is -3.46. The van der Waals surface area contributed by atoms with Crippen LogP contribution in [0.2, 0.25) is 0 Å². The summed E-state index contributed by atoms with van der Waals surface area (Å²) in [6.45, 7) is 7.90. The minimum atomic E-state index is -0.318. The van der Waals surface area contributed by atoms with Gasteiger partial charge in [0.2, 0.25) is 0 Å². The summed E-state index contributed by atoms with van der Waals surface area (Å²) in [6, 6.07) is 9.58. The highest BCUT2D eigenvalue weighted by atomic mass is 32.1. The normalized spacial score (nSPS) is 11.5. The summed E-state index contributed by atoms with van der Waals surface area (Å²) in [4.78, 5) is 26.6. The Balaban J connectivity index is 1.67. The van der Waals surface area contributed by atoms with Crippen LogP contribution in [0.5, 0.6) is 0 Å². The smallest absolute Gasteiger partial charge is 0.268 e. The Kier molecular flexibility index (Phi) is 5.36. The van der Waals surface area contributed by atoms with Crippen molar-refractivity contribution in [1.82, 2.24) is 24.7 Å². The monoisotopic (exact) mass is 436 g/mol. The van der Waals surface area contributed by atoms with E-state index in [1.54, 1.807) is 37.5 Å². The quantitative estimate of drug-likeness (QED) is 0.497. The molecular weight excluding hydrogens is 415 g/mol. The fourth-order valence-electron chi connectivity index (χ4n) is 2.89. The van der Waals surface area contributed by atoms with Crippen LogP contribution in [0.1, 0.15) is 41.8 Å². The molecule has 9 heteroatoms. The van der Waals surface area contributed by atoms with Gasteiger partial charge >= 0.3 is 0 Å². The number of halogens is 1. The van der Waals surface area contributed by atoms with Crippen molar-refractivity contribution in [1.29, 1.82) is 0 Å². The average Bonchev–Trinajstić information content (AvgIpc) is 3.33. The molecule has 7 nitrogen and oxygen atoms in total. The Morgan fingerprint density at radius 3 is 2.45 bits per heavy atom. The molecule has 158 valence electrons. The van der Waals surface area contributed by atoms with Gasteiger partial charge in [0.05, 0.1) is 11.4 Å². The van der Waals surface area contributed by atoms with Crippen LogP contribution in [0, 0.1) is 12.7 Å². The van der Waals surface area contributed by atoms with Gasteiger partial charge in [0.1, 0.15) is 21.5 Å². The van der Waals surface area contributed by atoms with E-state index in [1.165, 1.54) is 28.2 Å². The van der Waals surface area contributed by atoms with E-state index in [0.717, 1.165) is 11.3 Å². The molecule has 0 unspecified atom stereocenters. The van der Waals surface area contributed by atoms with E-state index in [4.69, 9.17) is 0 Å². The number of rotatable bonds is 4. The molecule has 0 atom stereocenters. The number of carbonyl (C=O) groups excluding carboxylic acids is 1. The second-order valence-electron chi connectivity index (χ2n) is 8.02. The summed E-state index contributed by atoms with van der Waals surface area (Å²) in [5, 5.41) is 8.19. The molecule has 0 radical (unpaired) electrons. The first-order valence-corrected chi connectivity index (χ1v) is 10.5. The van der Waals surface area contributed by atoms with Gasteiger partial charge in [0.25, 0.3) is 11.9 Å². The zero-order valence-corrected chi connectivity index (χ0v) is 18.4. The highest BCUT2D eigenvalue weighted by Crippen LogP contribution is 2.30. The summed E-state index contributed by atoms with van der Waals surface area (Å²) in [5.74, 6) is 0.209. The van der Waals surface area contributed by atoms with Crippen LogP contribution in [0.3, 0.4) is 0 Å². The zero-order chi connectivity index (χ0) is 22.2. The van der Waals surface area contributed by atoms with Gasteiger partial charge in [-0.15, -0.1) is 11.3 Å². The Labute approximate surface area is 183 Å². The van der Waals surface area contributed by atoms with E-state index >= 15 is 0 Å². The average molecular weight is 437 g/mol. The molecule has 31 heavy (non-hydrogen) atoms. The van der Waals surface area contributed by atoms with Crippen LogP contribution in [0.25, 0.3) is 16.5 Å². The molecule has 1 aromatic carbocycles. The van der Waals surface area contributed by atoms with Crippen molar-refractivity contribution in [2.24, 2.45) is 0 Å². The fraction of sp³-hybridized carbons (Fsp3) is 0.227. The maximum absolute atomic E-state index is 13.2. The lowest BCUT2D eigenvalue weighted by molar-refractivity contribution is 0.102. The highest BCUT2D eigenvalue weighted by Gasteiger charge is 2.24. The van der Waals surface area contributed by atoms with Gasteiger partial charge in [-0.2, -0.15) is 9.78 Å². The third kappa shape index (κ3) is 4.36. The van der Waals surface area contributed by atoms with Crippen molar-refractivity contribution in [3.8, 4) is 16.5 Å². The Morgan fingerprint density at radius 1 is 1.13 bits per heavy atom. The zero-order valence-electron chi connectivity index (χ0n) is 17.5. The topological polar surface area (TPSA) is 85.6 Å². The fourth-order valence-corrected chi connectivity index (χ4v) is 3.85. The van der Waals surface area contributed by atoms with Gasteiger partial charge in [0, 0.05) is 29.4 Å². The number of nitrogens with one attached hydrogen (secondary N) is 1. The third-order valence-corrected chi connectivity index (χ3v) is 5.76. The van der Waals surface area contributed by atoms with E-state index in [1.807, 2.05) is 26.8 Å². The van der Waals surface area contributed by atoms with Crippen molar-refractivity contribution in [3.05, 3.63) is 70.9 Å². The predicted octanol–water partition coefficient (Wildman–Crippen LogP) is 4.78.